The van der Waals surface area contributed by atoms with Gasteiger partial charge in [-0.05, 0) is 30.5 Å². The molecule has 0 saturated heterocycles. The Labute approximate surface area is 142 Å². The molecule has 0 saturated carbocycles. The molecule has 3 aromatic rings. The lowest BCUT2D eigenvalue weighted by molar-refractivity contribution is 0.928. The van der Waals surface area contributed by atoms with Crippen LogP contribution in [0.1, 0.15) is 36.6 Å². The van der Waals surface area contributed by atoms with E-state index in [1.165, 1.54) is 5.56 Å². The van der Waals surface area contributed by atoms with Crippen LogP contribution in [-0.4, -0.2) is 14.4 Å². The van der Waals surface area contributed by atoms with E-state index >= 15 is 0 Å². The number of hydrogen-bond acceptors (Lipinski definition) is 2. The number of rotatable bonds is 4. The molecule has 3 rings (SSSR count). The van der Waals surface area contributed by atoms with Crippen LogP contribution in [0.3, 0.4) is 0 Å². The number of fused-ring (bicyclic) bond motifs is 1. The molecule has 4 heteroatoms. The lowest BCUT2D eigenvalue weighted by atomic mass is 10.0. The average molecular weight is 323 g/mol. The molecule has 0 bridgehead atoms. The Bertz CT molecular complexity index is 862. The molecule has 2 aromatic heterocycles. The molecule has 1 aromatic carbocycles. The van der Waals surface area contributed by atoms with Crippen LogP contribution < -0.4 is 5.73 Å². The van der Waals surface area contributed by atoms with Crippen LogP contribution in [0, 0.1) is 6.92 Å². The number of pyridine rings is 1. The quantitative estimate of drug-likeness (QED) is 0.730. The van der Waals surface area contributed by atoms with Crippen LogP contribution in [0.2, 0.25) is 0 Å². The number of benzene rings is 1. The molecular formula is C19H21N3S. The third-order valence-corrected chi connectivity index (χ3v) is 4.71. The standard InChI is InChI=1S/C19H21N3S/c1-4-14-7-9-15(10-8-14)16-17(13(3)18(20)23)22-11-5-6-12(2)19(22)21-16/h5-11,13H,4H2,1-3H3,(H2,20,23). The van der Waals surface area contributed by atoms with Crippen molar-refractivity contribution in [3.63, 3.8) is 0 Å². The van der Waals surface area contributed by atoms with E-state index in [0.717, 1.165) is 34.6 Å². The lowest BCUT2D eigenvalue weighted by Gasteiger charge is -2.12. The predicted molar refractivity (Wildman–Crippen MR) is 99.9 cm³/mol. The monoisotopic (exact) mass is 323 g/mol. The zero-order valence-corrected chi connectivity index (χ0v) is 14.5. The number of aryl methyl sites for hydroxylation is 2. The van der Waals surface area contributed by atoms with Crippen LogP contribution in [-0.2, 0) is 6.42 Å². The van der Waals surface area contributed by atoms with E-state index in [-0.39, 0.29) is 5.92 Å². The van der Waals surface area contributed by atoms with Crippen molar-refractivity contribution < 1.29 is 0 Å². The van der Waals surface area contributed by atoms with Crippen molar-refractivity contribution in [2.45, 2.75) is 33.1 Å². The topological polar surface area (TPSA) is 43.3 Å². The summed E-state index contributed by atoms with van der Waals surface area (Å²) in [6.07, 6.45) is 3.06. The van der Waals surface area contributed by atoms with Crippen molar-refractivity contribution in [3.05, 3.63) is 59.4 Å². The lowest BCUT2D eigenvalue weighted by Crippen LogP contribution is -2.18. The Morgan fingerprint density at radius 2 is 1.96 bits per heavy atom. The number of thiocarbonyl (C=S) groups is 1. The maximum Gasteiger partial charge on any atom is 0.140 e. The molecule has 23 heavy (non-hydrogen) atoms. The average Bonchev–Trinajstić information content (AvgIpc) is 2.95. The minimum Gasteiger partial charge on any atom is -0.393 e. The normalized spacial score (nSPS) is 12.5. The molecule has 3 nitrogen and oxygen atoms in total. The van der Waals surface area contributed by atoms with Crippen molar-refractivity contribution in [1.29, 1.82) is 0 Å². The first-order valence-electron chi connectivity index (χ1n) is 7.89. The highest BCUT2D eigenvalue weighted by Crippen LogP contribution is 2.31. The van der Waals surface area contributed by atoms with Gasteiger partial charge in [-0.15, -0.1) is 0 Å². The van der Waals surface area contributed by atoms with Gasteiger partial charge in [0.2, 0.25) is 0 Å². The summed E-state index contributed by atoms with van der Waals surface area (Å²) < 4.78 is 2.11. The van der Waals surface area contributed by atoms with Crippen molar-refractivity contribution in [2.75, 3.05) is 0 Å². The molecule has 1 unspecified atom stereocenters. The van der Waals surface area contributed by atoms with Gasteiger partial charge in [0.05, 0.1) is 16.4 Å². The van der Waals surface area contributed by atoms with Crippen molar-refractivity contribution in [1.82, 2.24) is 9.38 Å². The summed E-state index contributed by atoms with van der Waals surface area (Å²) in [6.45, 7) is 6.27. The van der Waals surface area contributed by atoms with E-state index < -0.39 is 0 Å². The fourth-order valence-electron chi connectivity index (χ4n) is 2.88. The summed E-state index contributed by atoms with van der Waals surface area (Å²) in [5.41, 5.74) is 12.5. The Hall–Kier alpha value is -2.20. The maximum absolute atomic E-state index is 5.94. The summed E-state index contributed by atoms with van der Waals surface area (Å²) >= 11 is 5.25. The van der Waals surface area contributed by atoms with Crippen molar-refractivity contribution in [3.8, 4) is 11.3 Å². The van der Waals surface area contributed by atoms with Gasteiger partial charge in [0.1, 0.15) is 5.65 Å². The molecule has 0 fully saturated rings. The first kappa shape index (κ1) is 15.7. The van der Waals surface area contributed by atoms with Gasteiger partial charge < -0.3 is 10.1 Å². The molecular weight excluding hydrogens is 302 g/mol. The number of aromatic nitrogens is 2. The molecule has 0 aliphatic rings. The van der Waals surface area contributed by atoms with E-state index in [4.69, 9.17) is 22.9 Å². The second kappa shape index (κ2) is 6.13. The molecule has 2 N–H and O–H groups in total. The van der Waals surface area contributed by atoms with E-state index in [0.29, 0.717) is 4.99 Å². The zero-order chi connectivity index (χ0) is 16.6. The Morgan fingerprint density at radius 3 is 2.57 bits per heavy atom. The molecule has 0 amide bonds. The largest absolute Gasteiger partial charge is 0.393 e. The van der Waals surface area contributed by atoms with E-state index in [1.54, 1.807) is 0 Å². The van der Waals surface area contributed by atoms with Gasteiger partial charge in [0, 0.05) is 17.7 Å². The summed E-state index contributed by atoms with van der Waals surface area (Å²) in [6, 6.07) is 12.7. The third kappa shape index (κ3) is 2.75. The molecule has 118 valence electrons. The summed E-state index contributed by atoms with van der Waals surface area (Å²) in [5.74, 6) is -0.0392. The number of hydrogen-bond donors (Lipinski definition) is 1. The molecule has 1 atom stereocenters. The molecule has 0 aliphatic heterocycles. The highest BCUT2D eigenvalue weighted by atomic mass is 32.1. The van der Waals surface area contributed by atoms with Gasteiger partial charge in [-0.1, -0.05) is 56.4 Å². The number of nitrogens with two attached hydrogens (primary N) is 1. The maximum atomic E-state index is 5.94. The second-order valence-corrected chi connectivity index (χ2v) is 6.38. The van der Waals surface area contributed by atoms with Crippen LogP contribution in [0.25, 0.3) is 16.9 Å². The van der Waals surface area contributed by atoms with E-state index in [1.807, 2.05) is 19.2 Å². The predicted octanol–water partition coefficient (Wildman–Crippen LogP) is 4.26. The molecule has 0 spiro atoms. The first-order valence-corrected chi connectivity index (χ1v) is 8.30. The van der Waals surface area contributed by atoms with E-state index in [2.05, 4.69) is 48.6 Å². The smallest absolute Gasteiger partial charge is 0.140 e. The van der Waals surface area contributed by atoms with Gasteiger partial charge in [-0.3, -0.25) is 0 Å². The SMILES string of the molecule is CCc1ccc(-c2nc3c(C)cccn3c2C(C)C(N)=S)cc1. The molecule has 2 heterocycles. The summed E-state index contributed by atoms with van der Waals surface area (Å²) in [4.78, 5) is 5.38. The van der Waals surface area contributed by atoms with Crippen LogP contribution >= 0.6 is 12.2 Å². The van der Waals surface area contributed by atoms with Crippen LogP contribution in [0.5, 0.6) is 0 Å². The van der Waals surface area contributed by atoms with Gasteiger partial charge in [-0.2, -0.15) is 0 Å². The van der Waals surface area contributed by atoms with Crippen molar-refractivity contribution >= 4 is 22.9 Å². The van der Waals surface area contributed by atoms with Crippen LogP contribution in [0.15, 0.2) is 42.6 Å². The van der Waals surface area contributed by atoms with Gasteiger partial charge >= 0.3 is 0 Å². The fraction of sp³-hybridized carbons (Fsp3) is 0.263. The minimum absolute atomic E-state index is 0.0392. The summed E-state index contributed by atoms with van der Waals surface area (Å²) in [5, 5.41) is 0. The number of nitrogens with zero attached hydrogens (tertiary/aromatic N) is 2. The third-order valence-electron chi connectivity index (χ3n) is 4.35. The minimum atomic E-state index is -0.0392. The Kier molecular flexibility index (Phi) is 4.18. The molecule has 0 radical (unpaired) electrons. The Morgan fingerprint density at radius 1 is 1.26 bits per heavy atom. The first-order chi connectivity index (χ1) is 11.0. The highest BCUT2D eigenvalue weighted by molar-refractivity contribution is 7.80. The van der Waals surface area contributed by atoms with Crippen molar-refractivity contribution in [2.24, 2.45) is 5.73 Å². The van der Waals surface area contributed by atoms with E-state index in [9.17, 15) is 0 Å². The highest BCUT2D eigenvalue weighted by Gasteiger charge is 2.21. The van der Waals surface area contributed by atoms with Crippen LogP contribution in [0.4, 0.5) is 0 Å². The van der Waals surface area contributed by atoms with Gasteiger partial charge in [0.15, 0.2) is 0 Å². The molecule has 0 aliphatic carbocycles. The number of imidazole rings is 1. The van der Waals surface area contributed by atoms with Gasteiger partial charge in [-0.25, -0.2) is 4.98 Å². The van der Waals surface area contributed by atoms with Gasteiger partial charge in [0.25, 0.3) is 0 Å². The fourth-order valence-corrected chi connectivity index (χ4v) is 2.99. The Balaban J connectivity index is 2.27. The second-order valence-electron chi connectivity index (χ2n) is 5.90. The zero-order valence-electron chi connectivity index (χ0n) is 13.7. The summed E-state index contributed by atoms with van der Waals surface area (Å²) in [7, 11) is 0.